The van der Waals surface area contributed by atoms with E-state index in [2.05, 4.69) is 10.2 Å². The molecule has 3 N–H and O–H groups in total. The summed E-state index contributed by atoms with van der Waals surface area (Å²) in [4.78, 5) is 14.6. The lowest BCUT2D eigenvalue weighted by atomic mass is 10.0. The van der Waals surface area contributed by atoms with Crippen LogP contribution in [-0.2, 0) is 4.74 Å². The van der Waals surface area contributed by atoms with Crippen molar-refractivity contribution in [1.82, 2.24) is 5.32 Å². The Morgan fingerprint density at radius 1 is 1.29 bits per heavy atom. The molecule has 0 radical (unpaired) electrons. The maximum absolute atomic E-state index is 12.4. The van der Waals surface area contributed by atoms with Crippen LogP contribution in [0.4, 0.5) is 11.4 Å². The molecule has 0 amide bonds. The molecule has 1 saturated heterocycles. The third kappa shape index (κ3) is 3.88. The molecule has 0 spiro atoms. The van der Waals surface area contributed by atoms with E-state index in [4.69, 9.17) is 10.5 Å². The third-order valence-electron chi connectivity index (χ3n) is 3.53. The highest BCUT2D eigenvalue weighted by atomic mass is 16.6. The lowest BCUT2D eigenvalue weighted by Crippen LogP contribution is -2.43. The fourth-order valence-electron chi connectivity index (χ4n) is 2.37. The van der Waals surface area contributed by atoms with Crippen molar-refractivity contribution in [3.05, 3.63) is 23.3 Å². The number of rotatable bonds is 2. The number of nitrogens with zero attached hydrogens (tertiary/aromatic N) is 1. The van der Waals surface area contributed by atoms with Crippen LogP contribution in [0.2, 0.25) is 0 Å². The Morgan fingerprint density at radius 3 is 2.48 bits per heavy atom. The first-order valence-corrected chi connectivity index (χ1v) is 7.37. The van der Waals surface area contributed by atoms with Gasteiger partial charge in [-0.3, -0.25) is 0 Å². The molecule has 116 valence electrons. The number of anilines is 2. The predicted octanol–water partition coefficient (Wildman–Crippen LogP) is 1.94. The minimum absolute atomic E-state index is 0.316. The Kier molecular flexibility index (Phi) is 4.42. The van der Waals surface area contributed by atoms with Crippen molar-refractivity contribution in [2.24, 2.45) is 0 Å². The highest BCUT2D eigenvalue weighted by Gasteiger charge is 2.22. The van der Waals surface area contributed by atoms with Gasteiger partial charge in [0.25, 0.3) is 0 Å². The Labute approximate surface area is 126 Å². The topological polar surface area (TPSA) is 67.6 Å². The number of nitrogens with one attached hydrogen (secondary N) is 1. The van der Waals surface area contributed by atoms with E-state index in [0.717, 1.165) is 37.4 Å². The summed E-state index contributed by atoms with van der Waals surface area (Å²) in [6.45, 7) is 11.2. The van der Waals surface area contributed by atoms with Crippen LogP contribution in [0, 0.1) is 6.92 Å². The third-order valence-corrected chi connectivity index (χ3v) is 3.53. The second kappa shape index (κ2) is 5.93. The fraction of sp³-hybridized carbons (Fsp3) is 0.562. The van der Waals surface area contributed by atoms with E-state index in [1.54, 1.807) is 0 Å². The van der Waals surface area contributed by atoms with Gasteiger partial charge in [-0.1, -0.05) is 0 Å². The second-order valence-corrected chi connectivity index (χ2v) is 6.45. The highest BCUT2D eigenvalue weighted by molar-refractivity contribution is 5.94. The molecule has 1 aliphatic rings. The number of hydrogen-bond acceptors (Lipinski definition) is 5. The van der Waals surface area contributed by atoms with Crippen LogP contribution in [0.25, 0.3) is 0 Å². The minimum atomic E-state index is -0.511. The zero-order chi connectivity index (χ0) is 15.6. The first kappa shape index (κ1) is 15.6. The molecular weight excluding hydrogens is 266 g/mol. The van der Waals surface area contributed by atoms with Gasteiger partial charge in [0.15, 0.2) is 0 Å². The Balaban J connectivity index is 2.32. The number of hydrogen-bond donors (Lipinski definition) is 2. The van der Waals surface area contributed by atoms with Gasteiger partial charge in [-0.05, 0) is 45.4 Å². The largest absolute Gasteiger partial charge is 0.456 e. The Hall–Kier alpha value is -1.75. The van der Waals surface area contributed by atoms with Crippen LogP contribution in [0.5, 0.6) is 0 Å². The van der Waals surface area contributed by atoms with E-state index < -0.39 is 5.60 Å². The molecule has 0 unspecified atom stereocenters. The number of carbonyl (C=O) groups excluding carboxylic acids is 1. The van der Waals surface area contributed by atoms with Gasteiger partial charge in [0.05, 0.1) is 5.56 Å². The first-order valence-electron chi connectivity index (χ1n) is 7.37. The summed E-state index contributed by atoms with van der Waals surface area (Å²) >= 11 is 0. The SMILES string of the molecule is Cc1c(N)cc(N2CCNCC2)cc1C(=O)OC(C)(C)C. The Bertz CT molecular complexity index is 529. The summed E-state index contributed by atoms with van der Waals surface area (Å²) in [6, 6.07) is 3.83. The summed E-state index contributed by atoms with van der Waals surface area (Å²) in [6.07, 6.45) is 0. The second-order valence-electron chi connectivity index (χ2n) is 6.45. The molecule has 0 atom stereocenters. The van der Waals surface area contributed by atoms with Gasteiger partial charge >= 0.3 is 5.97 Å². The van der Waals surface area contributed by atoms with Gasteiger partial charge in [-0.15, -0.1) is 0 Å². The van der Waals surface area contributed by atoms with E-state index >= 15 is 0 Å². The molecule has 1 fully saturated rings. The molecule has 1 aromatic carbocycles. The Morgan fingerprint density at radius 2 is 1.90 bits per heavy atom. The summed E-state index contributed by atoms with van der Waals surface area (Å²) in [5.41, 5.74) is 8.52. The molecule has 0 aromatic heterocycles. The van der Waals surface area contributed by atoms with Crippen LogP contribution in [0.15, 0.2) is 12.1 Å². The zero-order valence-electron chi connectivity index (χ0n) is 13.3. The number of piperazine rings is 1. The maximum atomic E-state index is 12.4. The number of benzene rings is 1. The highest BCUT2D eigenvalue weighted by Crippen LogP contribution is 2.27. The number of nitrogen functional groups attached to an aromatic ring is 1. The van der Waals surface area contributed by atoms with E-state index in [1.807, 2.05) is 39.8 Å². The van der Waals surface area contributed by atoms with E-state index in [1.165, 1.54) is 0 Å². The fourth-order valence-corrected chi connectivity index (χ4v) is 2.37. The van der Waals surface area contributed by atoms with Gasteiger partial charge in [-0.25, -0.2) is 4.79 Å². The van der Waals surface area contributed by atoms with Crippen molar-refractivity contribution in [2.75, 3.05) is 36.8 Å². The van der Waals surface area contributed by atoms with Crippen molar-refractivity contribution < 1.29 is 9.53 Å². The molecule has 21 heavy (non-hydrogen) atoms. The molecule has 0 bridgehead atoms. The van der Waals surface area contributed by atoms with Crippen molar-refractivity contribution >= 4 is 17.3 Å². The zero-order valence-corrected chi connectivity index (χ0v) is 13.3. The van der Waals surface area contributed by atoms with Crippen molar-refractivity contribution in [2.45, 2.75) is 33.3 Å². The molecule has 2 rings (SSSR count). The predicted molar refractivity (Wildman–Crippen MR) is 85.8 cm³/mol. The molecule has 5 nitrogen and oxygen atoms in total. The molecule has 1 aliphatic heterocycles. The van der Waals surface area contributed by atoms with Gasteiger partial charge < -0.3 is 20.7 Å². The molecule has 1 heterocycles. The number of nitrogens with two attached hydrogens (primary N) is 1. The summed E-state index contributed by atoms with van der Waals surface area (Å²) in [5.74, 6) is -0.316. The number of carbonyl (C=O) groups is 1. The molecule has 0 aliphatic carbocycles. The van der Waals surface area contributed by atoms with E-state index in [0.29, 0.717) is 11.3 Å². The summed E-state index contributed by atoms with van der Waals surface area (Å²) in [5, 5.41) is 3.31. The van der Waals surface area contributed by atoms with Crippen LogP contribution in [-0.4, -0.2) is 37.7 Å². The normalized spacial score (nSPS) is 15.9. The molecular formula is C16H25N3O2. The van der Waals surface area contributed by atoms with Crippen LogP contribution in [0.1, 0.15) is 36.7 Å². The molecule has 1 aromatic rings. The average Bonchev–Trinajstić information content (AvgIpc) is 2.40. The average molecular weight is 291 g/mol. The number of ether oxygens (including phenoxy) is 1. The summed E-state index contributed by atoms with van der Waals surface area (Å²) < 4.78 is 5.48. The van der Waals surface area contributed by atoms with Gasteiger partial charge in [0.2, 0.25) is 0 Å². The van der Waals surface area contributed by atoms with Crippen molar-refractivity contribution in [3.63, 3.8) is 0 Å². The lowest BCUT2D eigenvalue weighted by molar-refractivity contribution is 0.00688. The van der Waals surface area contributed by atoms with E-state index in [-0.39, 0.29) is 5.97 Å². The van der Waals surface area contributed by atoms with Crippen molar-refractivity contribution in [1.29, 1.82) is 0 Å². The smallest absolute Gasteiger partial charge is 0.339 e. The van der Waals surface area contributed by atoms with Crippen LogP contribution in [0.3, 0.4) is 0 Å². The lowest BCUT2D eigenvalue weighted by Gasteiger charge is -2.30. The van der Waals surface area contributed by atoms with Crippen LogP contribution >= 0.6 is 0 Å². The standard InChI is InChI=1S/C16H25N3O2/c1-11-13(15(20)21-16(2,3)4)9-12(10-14(11)17)19-7-5-18-6-8-19/h9-10,18H,5-8,17H2,1-4H3. The molecule has 0 saturated carbocycles. The van der Waals surface area contributed by atoms with Gasteiger partial charge in [0.1, 0.15) is 5.60 Å². The van der Waals surface area contributed by atoms with Gasteiger partial charge in [-0.2, -0.15) is 0 Å². The maximum Gasteiger partial charge on any atom is 0.339 e. The quantitative estimate of drug-likeness (QED) is 0.644. The first-order chi connectivity index (χ1) is 9.78. The van der Waals surface area contributed by atoms with Crippen molar-refractivity contribution in [3.8, 4) is 0 Å². The monoisotopic (exact) mass is 291 g/mol. The molecule has 5 heteroatoms. The van der Waals surface area contributed by atoms with E-state index in [9.17, 15) is 4.79 Å². The summed E-state index contributed by atoms with van der Waals surface area (Å²) in [7, 11) is 0. The van der Waals surface area contributed by atoms with Gasteiger partial charge in [0, 0.05) is 37.6 Å². The van der Waals surface area contributed by atoms with Crippen LogP contribution < -0.4 is 16.0 Å². The minimum Gasteiger partial charge on any atom is -0.456 e. The number of esters is 1.